The van der Waals surface area contributed by atoms with Crippen LogP contribution in [-0.4, -0.2) is 93.0 Å². The van der Waals surface area contributed by atoms with E-state index in [9.17, 15) is 0 Å². The van der Waals surface area contributed by atoms with Crippen LogP contribution in [0.1, 0.15) is 12.5 Å². The largest absolute Gasteiger partial charge is 0.494 e. The Morgan fingerprint density at radius 1 is 1.11 bits per heavy atom. The van der Waals surface area contributed by atoms with Gasteiger partial charge in [0, 0.05) is 88.0 Å². The van der Waals surface area contributed by atoms with Crippen molar-refractivity contribution < 1.29 is 4.74 Å². The molecule has 10 nitrogen and oxygen atoms in total. The van der Waals surface area contributed by atoms with E-state index in [4.69, 9.17) is 15.9 Å². The lowest BCUT2D eigenvalue weighted by Gasteiger charge is -2.34. The van der Waals surface area contributed by atoms with E-state index in [1.54, 1.807) is 7.11 Å². The topological polar surface area (TPSA) is 119 Å². The molecule has 0 saturated carbocycles. The zero-order chi connectivity index (χ0) is 27.1. The van der Waals surface area contributed by atoms with Crippen LogP contribution >= 0.6 is 0 Å². The molecule has 2 aromatic carbocycles. The van der Waals surface area contributed by atoms with Crippen LogP contribution in [0.2, 0.25) is 0 Å². The molecule has 4 rings (SSSR count). The van der Waals surface area contributed by atoms with Crippen molar-refractivity contribution in [1.82, 2.24) is 19.8 Å². The summed E-state index contributed by atoms with van der Waals surface area (Å²) in [5.41, 5.74) is 12.2. The second-order valence-electron chi connectivity index (χ2n) is 9.57. The van der Waals surface area contributed by atoms with E-state index >= 15 is 0 Å². The Morgan fingerprint density at radius 2 is 1.89 bits per heavy atom. The Hall–Kier alpha value is -3.89. The Morgan fingerprint density at radius 3 is 2.61 bits per heavy atom. The van der Waals surface area contributed by atoms with E-state index in [2.05, 4.69) is 49.4 Å². The number of nitrogens with two attached hydrogens (primary N) is 1. The first-order valence-electron chi connectivity index (χ1n) is 13.0. The molecule has 1 fully saturated rings. The zero-order valence-corrected chi connectivity index (χ0v) is 22.8. The van der Waals surface area contributed by atoms with E-state index in [1.165, 1.54) is 12.5 Å². The van der Waals surface area contributed by atoms with Gasteiger partial charge in [-0.15, -0.1) is 0 Å². The number of ether oxygens (including phenoxy) is 1. The lowest BCUT2D eigenvalue weighted by molar-refractivity contribution is 0.157. The fourth-order valence-corrected chi connectivity index (χ4v) is 4.58. The van der Waals surface area contributed by atoms with Gasteiger partial charge in [-0.2, -0.15) is 0 Å². The van der Waals surface area contributed by atoms with Gasteiger partial charge in [-0.05, 0) is 32.2 Å². The first-order valence-corrected chi connectivity index (χ1v) is 13.0. The van der Waals surface area contributed by atoms with Crippen molar-refractivity contribution in [2.45, 2.75) is 6.92 Å². The molecule has 38 heavy (non-hydrogen) atoms. The van der Waals surface area contributed by atoms with E-state index in [1.807, 2.05) is 43.3 Å². The van der Waals surface area contributed by atoms with Gasteiger partial charge in [-0.3, -0.25) is 4.90 Å². The van der Waals surface area contributed by atoms with Crippen molar-refractivity contribution in [1.29, 1.82) is 5.41 Å². The molecule has 0 spiro atoms. The Labute approximate surface area is 225 Å². The quantitative estimate of drug-likeness (QED) is 0.223. The molecule has 0 aliphatic carbocycles. The third kappa shape index (κ3) is 6.51. The van der Waals surface area contributed by atoms with E-state index in [-0.39, 0.29) is 0 Å². The zero-order valence-electron chi connectivity index (χ0n) is 22.8. The summed E-state index contributed by atoms with van der Waals surface area (Å²) in [5.74, 6) is 1.30. The number of nitrogens with zero attached hydrogens (tertiary/aromatic N) is 5. The molecule has 1 aliphatic rings. The average molecular weight is 518 g/mol. The summed E-state index contributed by atoms with van der Waals surface area (Å²) < 4.78 is 5.71. The van der Waals surface area contributed by atoms with E-state index in [0.717, 1.165) is 79.7 Å². The van der Waals surface area contributed by atoms with Gasteiger partial charge in [-0.1, -0.05) is 6.07 Å². The fraction of sp³-hybridized carbons (Fsp3) is 0.393. The lowest BCUT2D eigenvalue weighted by Crippen LogP contribution is -2.46. The fourth-order valence-electron chi connectivity index (χ4n) is 4.58. The van der Waals surface area contributed by atoms with Crippen molar-refractivity contribution in [3.8, 4) is 17.0 Å². The third-order valence-corrected chi connectivity index (χ3v) is 6.91. The summed E-state index contributed by atoms with van der Waals surface area (Å²) in [4.78, 5) is 15.9. The Balaban J connectivity index is 1.49. The molecule has 0 unspecified atom stereocenters. The number of piperazine rings is 1. The molecule has 2 heterocycles. The molecule has 3 aromatic rings. The Kier molecular flexibility index (Phi) is 8.98. The summed E-state index contributed by atoms with van der Waals surface area (Å²) in [5, 5.41) is 14.4. The van der Waals surface area contributed by atoms with Gasteiger partial charge in [-0.25, -0.2) is 9.97 Å². The summed E-state index contributed by atoms with van der Waals surface area (Å²) in [6.07, 6.45) is 2.87. The van der Waals surface area contributed by atoms with Crippen molar-refractivity contribution in [2.24, 2.45) is 0 Å². The standard InChI is InChI=1S/C28H39N9O/c1-5-31-23-7-6-20(14-21(23)18-29)24-16-28(33-19-32-24)34-25-15-22(30)26(17-27(25)38-4)36(3)10-13-37-11-8-35(2)9-12-37/h6-7,14-19,29,31H,5,8-13,30H2,1-4H3,(H,32,33,34). The first-order chi connectivity index (χ1) is 18.4. The summed E-state index contributed by atoms with van der Waals surface area (Å²) in [6, 6.07) is 11.6. The van der Waals surface area contributed by atoms with Crippen LogP contribution in [0.25, 0.3) is 11.3 Å². The summed E-state index contributed by atoms with van der Waals surface area (Å²) in [7, 11) is 5.89. The number of anilines is 5. The number of nitrogen functional groups attached to an aromatic ring is 1. The minimum Gasteiger partial charge on any atom is -0.494 e. The lowest BCUT2D eigenvalue weighted by atomic mass is 10.1. The van der Waals surface area contributed by atoms with Crippen LogP contribution < -0.4 is 26.0 Å². The predicted molar refractivity (Wildman–Crippen MR) is 157 cm³/mol. The number of hydrogen-bond donors (Lipinski definition) is 4. The number of methoxy groups -OCH3 is 1. The van der Waals surface area contributed by atoms with Crippen LogP contribution in [0.4, 0.5) is 28.6 Å². The van der Waals surface area contributed by atoms with E-state index in [0.29, 0.717) is 17.3 Å². The molecule has 0 atom stereocenters. The monoisotopic (exact) mass is 517 g/mol. The highest BCUT2D eigenvalue weighted by Gasteiger charge is 2.17. The van der Waals surface area contributed by atoms with Crippen LogP contribution in [0.5, 0.6) is 5.75 Å². The molecular formula is C28H39N9O. The molecule has 0 radical (unpaired) electrons. The number of rotatable bonds is 11. The van der Waals surface area contributed by atoms with Gasteiger partial charge < -0.3 is 36.3 Å². The van der Waals surface area contributed by atoms with Gasteiger partial charge in [0.2, 0.25) is 0 Å². The maximum Gasteiger partial charge on any atom is 0.144 e. The van der Waals surface area contributed by atoms with Crippen molar-refractivity contribution in [3.05, 3.63) is 48.3 Å². The second kappa shape index (κ2) is 12.6. The highest BCUT2D eigenvalue weighted by molar-refractivity contribution is 5.88. The average Bonchev–Trinajstić information content (AvgIpc) is 2.93. The number of nitrogens with one attached hydrogen (secondary N) is 3. The number of aromatic nitrogens is 2. The minimum absolute atomic E-state index is 0.621. The maximum atomic E-state index is 7.77. The van der Waals surface area contributed by atoms with Crippen molar-refractivity contribution in [3.63, 3.8) is 0 Å². The molecular weight excluding hydrogens is 478 g/mol. The smallest absolute Gasteiger partial charge is 0.144 e. The number of likely N-dealkylation sites (N-methyl/N-ethyl adjacent to an activating group) is 2. The van der Waals surface area contributed by atoms with Gasteiger partial charge in [0.05, 0.1) is 29.9 Å². The van der Waals surface area contributed by atoms with Crippen LogP contribution in [0.3, 0.4) is 0 Å². The van der Waals surface area contributed by atoms with Crippen molar-refractivity contribution >= 4 is 34.8 Å². The molecule has 0 bridgehead atoms. The summed E-state index contributed by atoms with van der Waals surface area (Å²) in [6.45, 7) is 9.09. The first kappa shape index (κ1) is 27.2. The van der Waals surface area contributed by atoms with Crippen LogP contribution in [0, 0.1) is 5.41 Å². The molecule has 5 N–H and O–H groups in total. The van der Waals surface area contributed by atoms with Crippen LogP contribution in [0.15, 0.2) is 42.7 Å². The highest BCUT2D eigenvalue weighted by Crippen LogP contribution is 2.36. The molecule has 202 valence electrons. The molecule has 0 amide bonds. The third-order valence-electron chi connectivity index (χ3n) is 6.91. The maximum absolute atomic E-state index is 7.77. The number of benzene rings is 2. The van der Waals surface area contributed by atoms with Gasteiger partial charge >= 0.3 is 0 Å². The van der Waals surface area contributed by atoms with Gasteiger partial charge in [0.25, 0.3) is 0 Å². The number of hydrogen-bond acceptors (Lipinski definition) is 10. The predicted octanol–water partition coefficient (Wildman–Crippen LogP) is 3.59. The second-order valence-corrected chi connectivity index (χ2v) is 9.57. The SMILES string of the molecule is CCNc1ccc(-c2cc(Nc3cc(N)c(N(C)CCN4CCN(C)CC4)cc3OC)ncn2)cc1C=N. The Bertz CT molecular complexity index is 1240. The summed E-state index contributed by atoms with van der Waals surface area (Å²) >= 11 is 0. The van der Waals surface area contributed by atoms with E-state index < -0.39 is 0 Å². The normalized spacial score (nSPS) is 14.2. The van der Waals surface area contributed by atoms with Gasteiger partial charge in [0.1, 0.15) is 17.9 Å². The highest BCUT2D eigenvalue weighted by atomic mass is 16.5. The molecule has 10 heteroatoms. The minimum atomic E-state index is 0.621. The molecule has 1 aliphatic heterocycles. The molecule has 1 saturated heterocycles. The van der Waals surface area contributed by atoms with Gasteiger partial charge in [0.15, 0.2) is 0 Å². The van der Waals surface area contributed by atoms with Crippen LogP contribution in [-0.2, 0) is 0 Å². The molecule has 1 aromatic heterocycles. The van der Waals surface area contributed by atoms with Crippen molar-refractivity contribution in [2.75, 3.05) is 88.3 Å².